The summed E-state index contributed by atoms with van der Waals surface area (Å²) in [5.41, 5.74) is 2.79. The lowest BCUT2D eigenvalue weighted by molar-refractivity contribution is -0.130. The zero-order valence-electron chi connectivity index (χ0n) is 19.6. The van der Waals surface area contributed by atoms with Crippen LogP contribution in [-0.4, -0.2) is 73.7 Å². The molecule has 9 nitrogen and oxygen atoms in total. The van der Waals surface area contributed by atoms with Crippen LogP contribution in [0.1, 0.15) is 29.6 Å². The molecule has 34 heavy (non-hydrogen) atoms. The zero-order valence-corrected chi connectivity index (χ0v) is 20.3. The van der Waals surface area contributed by atoms with E-state index in [1.807, 2.05) is 41.3 Å². The molecule has 1 aliphatic heterocycles. The molecule has 1 fully saturated rings. The van der Waals surface area contributed by atoms with E-state index in [-0.39, 0.29) is 11.9 Å². The van der Waals surface area contributed by atoms with E-state index in [1.165, 1.54) is 4.80 Å². The average Bonchev–Trinajstić information content (AvgIpc) is 3.23. The lowest BCUT2D eigenvalue weighted by atomic mass is 10.1. The molecule has 4 rings (SSSR count). The van der Waals surface area contributed by atoms with Crippen molar-refractivity contribution in [3.63, 3.8) is 0 Å². The first kappa shape index (κ1) is 23.8. The van der Waals surface area contributed by atoms with Crippen LogP contribution in [0.15, 0.2) is 42.6 Å². The Balaban J connectivity index is 1.38. The van der Waals surface area contributed by atoms with Crippen LogP contribution in [0.25, 0.3) is 6.08 Å². The molecule has 2 aromatic heterocycles. The minimum atomic E-state index is -0.00894. The van der Waals surface area contributed by atoms with Crippen molar-refractivity contribution in [1.82, 2.24) is 35.0 Å². The number of aromatic nitrogens is 5. The number of benzene rings is 1. The molecular formula is C24H28ClN7O2. The number of methoxy groups -OCH3 is 1. The number of tetrazole rings is 1. The molecule has 3 aromatic rings. The number of carbonyl (C=O) groups excluding carboxylic acids is 1. The van der Waals surface area contributed by atoms with Crippen LogP contribution in [0.4, 0.5) is 0 Å². The van der Waals surface area contributed by atoms with Crippen molar-refractivity contribution in [2.45, 2.75) is 33.0 Å². The van der Waals surface area contributed by atoms with Gasteiger partial charge in [-0.1, -0.05) is 17.7 Å². The molecule has 0 N–H and O–H groups in total. The summed E-state index contributed by atoms with van der Waals surface area (Å²) in [7, 11) is 1.63. The van der Waals surface area contributed by atoms with Gasteiger partial charge in [0.05, 0.1) is 25.5 Å². The van der Waals surface area contributed by atoms with Crippen molar-refractivity contribution in [2.75, 3.05) is 26.7 Å². The van der Waals surface area contributed by atoms with E-state index in [0.29, 0.717) is 23.9 Å². The molecule has 0 spiro atoms. The summed E-state index contributed by atoms with van der Waals surface area (Å²) < 4.78 is 5.17. The summed E-state index contributed by atoms with van der Waals surface area (Å²) in [6.07, 6.45) is 5.19. The molecule has 0 aliphatic carbocycles. The molecular weight excluding hydrogens is 454 g/mol. The molecule has 3 heterocycles. The Kier molecular flexibility index (Phi) is 7.54. The molecule has 1 amide bonds. The number of ether oxygens (including phenoxy) is 1. The number of carbonyl (C=O) groups is 1. The standard InChI is InChI=1S/C24H28ClN7O2/c1-17-14-30(16-22-7-8-23(34-3)13-26-22)10-11-31(17)24(33)9-5-19-4-6-21(25)12-20(19)15-32-28-18(2)27-29-32/h4-9,12-13,17H,10-11,14-16H2,1-3H3. The van der Waals surface area contributed by atoms with Gasteiger partial charge in [-0.25, -0.2) is 0 Å². The quantitative estimate of drug-likeness (QED) is 0.479. The summed E-state index contributed by atoms with van der Waals surface area (Å²) in [6.45, 7) is 7.27. The second-order valence-corrected chi connectivity index (χ2v) is 8.79. The maximum absolute atomic E-state index is 13.0. The largest absolute Gasteiger partial charge is 0.495 e. The van der Waals surface area contributed by atoms with Crippen molar-refractivity contribution in [3.8, 4) is 5.75 Å². The third-order valence-electron chi connectivity index (χ3n) is 5.79. The maximum Gasteiger partial charge on any atom is 0.246 e. The van der Waals surface area contributed by atoms with Crippen molar-refractivity contribution in [2.24, 2.45) is 0 Å². The second kappa shape index (κ2) is 10.8. The van der Waals surface area contributed by atoms with Gasteiger partial charge < -0.3 is 9.64 Å². The summed E-state index contributed by atoms with van der Waals surface area (Å²) in [6, 6.07) is 9.55. The predicted molar refractivity (Wildman–Crippen MR) is 129 cm³/mol. The number of hydrogen-bond acceptors (Lipinski definition) is 7. The molecule has 178 valence electrons. The lowest BCUT2D eigenvalue weighted by Crippen LogP contribution is -2.53. The number of aryl methyl sites for hydroxylation is 1. The van der Waals surface area contributed by atoms with E-state index in [0.717, 1.165) is 42.2 Å². The van der Waals surface area contributed by atoms with Gasteiger partial charge in [0.25, 0.3) is 0 Å². The van der Waals surface area contributed by atoms with E-state index < -0.39 is 0 Å². The van der Waals surface area contributed by atoms with E-state index in [9.17, 15) is 4.79 Å². The van der Waals surface area contributed by atoms with Crippen molar-refractivity contribution >= 4 is 23.6 Å². The highest BCUT2D eigenvalue weighted by Crippen LogP contribution is 2.19. The summed E-state index contributed by atoms with van der Waals surface area (Å²) in [4.78, 5) is 23.2. The highest BCUT2D eigenvalue weighted by molar-refractivity contribution is 6.30. The second-order valence-electron chi connectivity index (χ2n) is 8.35. The Hall–Kier alpha value is -3.30. The average molecular weight is 482 g/mol. The van der Waals surface area contributed by atoms with Gasteiger partial charge >= 0.3 is 0 Å². The molecule has 1 unspecified atom stereocenters. The summed E-state index contributed by atoms with van der Waals surface area (Å²) >= 11 is 6.20. The number of pyridine rings is 1. The van der Waals surface area contributed by atoms with Gasteiger partial charge in [-0.2, -0.15) is 4.80 Å². The molecule has 1 atom stereocenters. The highest BCUT2D eigenvalue weighted by Gasteiger charge is 2.26. The Morgan fingerprint density at radius 3 is 2.76 bits per heavy atom. The number of piperazine rings is 1. The maximum atomic E-state index is 13.0. The van der Waals surface area contributed by atoms with E-state index in [2.05, 4.69) is 32.2 Å². The van der Waals surface area contributed by atoms with Gasteiger partial charge in [-0.15, -0.1) is 10.2 Å². The van der Waals surface area contributed by atoms with Crippen LogP contribution in [0.2, 0.25) is 5.02 Å². The minimum absolute atomic E-state index is 0.00894. The first-order valence-electron chi connectivity index (χ1n) is 11.1. The summed E-state index contributed by atoms with van der Waals surface area (Å²) in [5.74, 6) is 1.34. The fourth-order valence-corrected chi connectivity index (χ4v) is 4.23. The van der Waals surface area contributed by atoms with Gasteiger partial charge in [-0.05, 0) is 60.5 Å². The van der Waals surface area contributed by atoms with E-state index >= 15 is 0 Å². The number of rotatable bonds is 7. The van der Waals surface area contributed by atoms with Crippen molar-refractivity contribution < 1.29 is 9.53 Å². The fourth-order valence-electron chi connectivity index (χ4n) is 4.03. The van der Waals surface area contributed by atoms with Crippen molar-refractivity contribution in [1.29, 1.82) is 0 Å². The molecule has 1 aliphatic rings. The number of nitrogens with zero attached hydrogens (tertiary/aromatic N) is 7. The fraction of sp³-hybridized carbons (Fsp3) is 0.375. The SMILES string of the molecule is COc1ccc(CN2CCN(C(=O)C=Cc3ccc(Cl)cc3Cn3nnc(C)n3)C(C)C2)nc1. The van der Waals surface area contributed by atoms with Crippen LogP contribution in [0.5, 0.6) is 5.75 Å². The molecule has 0 saturated carbocycles. The Morgan fingerprint density at radius 1 is 1.24 bits per heavy atom. The molecule has 1 aromatic carbocycles. The number of halogens is 1. The third-order valence-corrected chi connectivity index (χ3v) is 6.02. The van der Waals surface area contributed by atoms with E-state index in [1.54, 1.807) is 26.3 Å². The van der Waals surface area contributed by atoms with Gasteiger partial charge in [0, 0.05) is 43.3 Å². The number of hydrogen-bond donors (Lipinski definition) is 0. The molecule has 0 radical (unpaired) electrons. The highest BCUT2D eigenvalue weighted by atomic mass is 35.5. The Bertz CT molecular complexity index is 1160. The van der Waals surface area contributed by atoms with Crippen LogP contribution >= 0.6 is 11.6 Å². The lowest BCUT2D eigenvalue weighted by Gasteiger charge is -2.39. The van der Waals surface area contributed by atoms with Crippen LogP contribution in [0, 0.1) is 6.92 Å². The molecule has 10 heteroatoms. The zero-order chi connectivity index (χ0) is 24.1. The van der Waals surface area contributed by atoms with Gasteiger partial charge in [0.15, 0.2) is 5.82 Å². The van der Waals surface area contributed by atoms with Crippen LogP contribution in [0.3, 0.4) is 0 Å². The molecule has 1 saturated heterocycles. The normalized spacial score (nSPS) is 16.8. The van der Waals surface area contributed by atoms with Gasteiger partial charge in [-0.3, -0.25) is 14.7 Å². The monoisotopic (exact) mass is 481 g/mol. The number of amides is 1. The topological polar surface area (TPSA) is 89.3 Å². The summed E-state index contributed by atoms with van der Waals surface area (Å²) in [5, 5.41) is 12.8. The van der Waals surface area contributed by atoms with Crippen molar-refractivity contribution in [3.05, 3.63) is 70.3 Å². The smallest absolute Gasteiger partial charge is 0.246 e. The van der Waals surface area contributed by atoms with Gasteiger partial charge in [0.1, 0.15) is 5.75 Å². The van der Waals surface area contributed by atoms with Crippen LogP contribution in [-0.2, 0) is 17.9 Å². The van der Waals surface area contributed by atoms with E-state index in [4.69, 9.17) is 16.3 Å². The van der Waals surface area contributed by atoms with Gasteiger partial charge in [0.2, 0.25) is 5.91 Å². The Labute approximate surface area is 204 Å². The first-order chi connectivity index (χ1) is 16.4. The first-order valence-corrected chi connectivity index (χ1v) is 11.5. The minimum Gasteiger partial charge on any atom is -0.495 e. The third kappa shape index (κ3) is 5.98. The predicted octanol–water partition coefficient (Wildman–Crippen LogP) is 2.83. The van der Waals surface area contributed by atoms with Crippen LogP contribution < -0.4 is 4.74 Å². The molecule has 0 bridgehead atoms. The Morgan fingerprint density at radius 2 is 2.09 bits per heavy atom.